The lowest BCUT2D eigenvalue weighted by Gasteiger charge is -2.29. The second-order valence-electron chi connectivity index (χ2n) is 7.38. The van der Waals surface area contributed by atoms with Gasteiger partial charge < -0.3 is 19.7 Å². The van der Waals surface area contributed by atoms with Crippen LogP contribution in [0.5, 0.6) is 11.5 Å². The van der Waals surface area contributed by atoms with Gasteiger partial charge >= 0.3 is 0 Å². The van der Waals surface area contributed by atoms with Crippen molar-refractivity contribution in [1.29, 1.82) is 0 Å². The number of ether oxygens (including phenoxy) is 2. The molecule has 1 heterocycles. The van der Waals surface area contributed by atoms with Crippen LogP contribution in [0.3, 0.4) is 0 Å². The van der Waals surface area contributed by atoms with E-state index < -0.39 is 0 Å². The van der Waals surface area contributed by atoms with Crippen LogP contribution in [-0.2, 0) is 11.4 Å². The van der Waals surface area contributed by atoms with Gasteiger partial charge in [-0.3, -0.25) is 4.79 Å². The monoisotopic (exact) mass is 383 g/mol. The number of piperidine rings is 1. The molecule has 5 heteroatoms. The third-order valence-electron chi connectivity index (χ3n) is 5.10. The van der Waals surface area contributed by atoms with Gasteiger partial charge in [0.2, 0.25) is 0 Å². The average Bonchev–Trinajstić information content (AvgIpc) is 2.74. The molecule has 1 fully saturated rings. The number of quaternary nitrogens is 1. The molecule has 1 amide bonds. The summed E-state index contributed by atoms with van der Waals surface area (Å²) in [5.41, 5.74) is 1.13. The van der Waals surface area contributed by atoms with E-state index in [1.165, 1.54) is 13.0 Å². The number of rotatable bonds is 9. The molecule has 2 N–H and O–H groups in total. The maximum absolute atomic E-state index is 12.2. The van der Waals surface area contributed by atoms with Gasteiger partial charge in [0.25, 0.3) is 5.91 Å². The smallest absolute Gasteiger partial charge is 0.258 e. The van der Waals surface area contributed by atoms with E-state index >= 15 is 0 Å². The highest BCUT2D eigenvalue weighted by molar-refractivity contribution is 5.77. The number of nitrogens with one attached hydrogen (secondary N) is 2. The predicted molar refractivity (Wildman–Crippen MR) is 110 cm³/mol. The van der Waals surface area contributed by atoms with Crippen LogP contribution >= 0.6 is 0 Å². The summed E-state index contributed by atoms with van der Waals surface area (Å²) >= 11 is 0. The predicted octanol–water partition coefficient (Wildman–Crippen LogP) is 2.22. The minimum absolute atomic E-state index is 0.0478. The van der Waals surface area contributed by atoms with Gasteiger partial charge in [0.05, 0.1) is 19.6 Å². The van der Waals surface area contributed by atoms with E-state index in [0.717, 1.165) is 37.2 Å². The Labute approximate surface area is 167 Å². The lowest BCUT2D eigenvalue weighted by Crippen LogP contribution is -3.13. The first-order chi connectivity index (χ1) is 13.7. The zero-order chi connectivity index (χ0) is 19.6. The van der Waals surface area contributed by atoms with Gasteiger partial charge in [-0.1, -0.05) is 37.3 Å². The van der Waals surface area contributed by atoms with Crippen LogP contribution < -0.4 is 19.7 Å². The molecule has 2 aromatic rings. The molecule has 3 rings (SSSR count). The van der Waals surface area contributed by atoms with E-state index in [1.54, 1.807) is 4.90 Å². The largest absolute Gasteiger partial charge is 0.489 e. The number of hydrogen-bond acceptors (Lipinski definition) is 3. The van der Waals surface area contributed by atoms with Crippen LogP contribution in [-0.4, -0.2) is 38.2 Å². The van der Waals surface area contributed by atoms with E-state index in [1.807, 2.05) is 54.6 Å². The Kier molecular flexibility index (Phi) is 7.73. The third kappa shape index (κ3) is 6.57. The topological polar surface area (TPSA) is 52.0 Å². The molecular weight excluding hydrogens is 352 g/mol. The molecule has 1 saturated heterocycles. The second-order valence-corrected chi connectivity index (χ2v) is 7.38. The summed E-state index contributed by atoms with van der Waals surface area (Å²) in [6, 6.07) is 17.7. The molecule has 0 aromatic heterocycles. The highest BCUT2D eigenvalue weighted by Gasteiger charge is 2.22. The minimum atomic E-state index is -0.0478. The summed E-state index contributed by atoms with van der Waals surface area (Å²) in [4.78, 5) is 13.8. The summed E-state index contributed by atoms with van der Waals surface area (Å²) in [6.07, 6.45) is 3.32. The van der Waals surface area contributed by atoms with Crippen molar-refractivity contribution in [1.82, 2.24) is 5.32 Å². The quantitative estimate of drug-likeness (QED) is 0.698. The summed E-state index contributed by atoms with van der Waals surface area (Å²) in [5.74, 6) is 1.40. The number of carbonyl (C=O) groups excluding carboxylic acids is 1. The Bertz CT molecular complexity index is 710. The Hall–Kier alpha value is -2.53. The van der Waals surface area contributed by atoms with Gasteiger partial charge in [-0.2, -0.15) is 0 Å². The zero-order valence-corrected chi connectivity index (χ0v) is 16.7. The Morgan fingerprint density at radius 1 is 1.00 bits per heavy atom. The van der Waals surface area contributed by atoms with Crippen molar-refractivity contribution in [2.45, 2.75) is 38.8 Å². The van der Waals surface area contributed by atoms with Crippen molar-refractivity contribution in [3.05, 3.63) is 60.2 Å². The van der Waals surface area contributed by atoms with E-state index in [2.05, 4.69) is 12.2 Å². The highest BCUT2D eigenvalue weighted by atomic mass is 16.5. The molecule has 28 heavy (non-hydrogen) atoms. The molecule has 150 valence electrons. The maximum atomic E-state index is 12.2. The average molecular weight is 384 g/mol. The molecule has 0 spiro atoms. The fourth-order valence-electron chi connectivity index (χ4n) is 3.57. The second kappa shape index (κ2) is 10.7. The fraction of sp³-hybridized carbons (Fsp3) is 0.435. The first-order valence-corrected chi connectivity index (χ1v) is 10.3. The molecule has 1 aliphatic rings. The van der Waals surface area contributed by atoms with Crippen LogP contribution in [0.2, 0.25) is 0 Å². The highest BCUT2D eigenvalue weighted by Crippen LogP contribution is 2.18. The van der Waals surface area contributed by atoms with E-state index in [9.17, 15) is 4.79 Å². The zero-order valence-electron chi connectivity index (χ0n) is 16.7. The van der Waals surface area contributed by atoms with Crippen LogP contribution in [0.25, 0.3) is 0 Å². The molecule has 0 aliphatic carbocycles. The first kappa shape index (κ1) is 20.2. The summed E-state index contributed by atoms with van der Waals surface area (Å²) in [5, 5.41) is 3.10. The van der Waals surface area contributed by atoms with Crippen molar-refractivity contribution in [2.75, 3.05) is 26.2 Å². The van der Waals surface area contributed by atoms with Crippen LogP contribution in [0, 0.1) is 0 Å². The van der Waals surface area contributed by atoms with Crippen molar-refractivity contribution in [2.24, 2.45) is 0 Å². The van der Waals surface area contributed by atoms with Gasteiger partial charge in [-0.05, 0) is 36.2 Å². The number of carbonyl (C=O) groups is 1. The third-order valence-corrected chi connectivity index (χ3v) is 5.10. The summed E-state index contributed by atoms with van der Waals surface area (Å²) in [6.45, 7) is 6.32. The lowest BCUT2D eigenvalue weighted by molar-refractivity contribution is -0.905. The van der Waals surface area contributed by atoms with Crippen molar-refractivity contribution < 1.29 is 19.2 Å². The van der Waals surface area contributed by atoms with Crippen LogP contribution in [0.4, 0.5) is 0 Å². The van der Waals surface area contributed by atoms with Gasteiger partial charge in [0, 0.05) is 18.9 Å². The molecule has 0 saturated carbocycles. The summed E-state index contributed by atoms with van der Waals surface area (Å²) < 4.78 is 11.4. The molecule has 0 bridgehead atoms. The van der Waals surface area contributed by atoms with Gasteiger partial charge in [0.1, 0.15) is 18.1 Å². The standard InChI is InChI=1S/C23H30N2O3/c1-2-14-25-15-12-20(13-16-25)24-23(26)18-28-22-10-8-21(9-11-22)27-17-19-6-4-3-5-7-19/h3-11,20H,2,12-18H2,1H3,(H,24,26)/p+1. The van der Waals surface area contributed by atoms with Crippen molar-refractivity contribution in [3.63, 3.8) is 0 Å². The van der Waals surface area contributed by atoms with E-state index in [-0.39, 0.29) is 18.6 Å². The van der Waals surface area contributed by atoms with Crippen LogP contribution in [0.15, 0.2) is 54.6 Å². The van der Waals surface area contributed by atoms with Crippen LogP contribution in [0.1, 0.15) is 31.7 Å². The number of hydrogen-bond donors (Lipinski definition) is 2. The van der Waals surface area contributed by atoms with E-state index in [0.29, 0.717) is 12.4 Å². The fourth-order valence-corrected chi connectivity index (χ4v) is 3.57. The number of amides is 1. The SMILES string of the molecule is CCC[NH+]1CCC(NC(=O)COc2ccc(OCc3ccccc3)cc2)CC1. The molecule has 0 radical (unpaired) electrons. The van der Waals surface area contributed by atoms with Gasteiger partial charge in [0.15, 0.2) is 6.61 Å². The van der Waals surface area contributed by atoms with Crippen molar-refractivity contribution in [3.8, 4) is 11.5 Å². The normalized spacial score (nSPS) is 19.0. The number of benzene rings is 2. The van der Waals surface area contributed by atoms with Gasteiger partial charge in [-0.25, -0.2) is 0 Å². The summed E-state index contributed by atoms with van der Waals surface area (Å²) in [7, 11) is 0. The molecule has 0 atom stereocenters. The van der Waals surface area contributed by atoms with Gasteiger partial charge in [-0.15, -0.1) is 0 Å². The molecule has 0 unspecified atom stereocenters. The Balaban J connectivity index is 1.36. The van der Waals surface area contributed by atoms with E-state index in [4.69, 9.17) is 9.47 Å². The maximum Gasteiger partial charge on any atom is 0.258 e. The first-order valence-electron chi connectivity index (χ1n) is 10.3. The number of likely N-dealkylation sites (tertiary alicyclic amines) is 1. The lowest BCUT2D eigenvalue weighted by atomic mass is 10.0. The Morgan fingerprint density at radius 3 is 2.29 bits per heavy atom. The molecule has 2 aromatic carbocycles. The molecule has 1 aliphatic heterocycles. The molecule has 5 nitrogen and oxygen atoms in total. The minimum Gasteiger partial charge on any atom is -0.489 e. The molecular formula is C23H31N2O3+. The van der Waals surface area contributed by atoms with Crippen molar-refractivity contribution >= 4 is 5.91 Å². The Morgan fingerprint density at radius 2 is 1.64 bits per heavy atom.